The van der Waals surface area contributed by atoms with Gasteiger partial charge in [-0.2, -0.15) is 5.26 Å². The maximum absolute atomic E-state index is 12.2. The molecule has 126 valence electrons. The van der Waals surface area contributed by atoms with Gasteiger partial charge < -0.3 is 5.32 Å². The van der Waals surface area contributed by atoms with Crippen molar-refractivity contribution in [2.24, 2.45) is 11.8 Å². The van der Waals surface area contributed by atoms with Crippen LogP contribution < -0.4 is 5.32 Å². The van der Waals surface area contributed by atoms with E-state index in [1.165, 1.54) is 0 Å². The fourth-order valence-corrected chi connectivity index (χ4v) is 4.31. The molecule has 1 aromatic carbocycles. The van der Waals surface area contributed by atoms with Crippen molar-refractivity contribution in [1.82, 2.24) is 5.32 Å². The molecule has 1 aromatic rings. The quantitative estimate of drug-likeness (QED) is 0.439. The van der Waals surface area contributed by atoms with E-state index < -0.39 is 0 Å². The van der Waals surface area contributed by atoms with Gasteiger partial charge in [-0.05, 0) is 37.0 Å². The molecular weight excluding hydrogens is 395 g/mol. The van der Waals surface area contributed by atoms with E-state index in [4.69, 9.17) is 28.5 Å². The zero-order valence-corrected chi connectivity index (χ0v) is 15.9. The van der Waals surface area contributed by atoms with E-state index in [0.717, 1.165) is 36.3 Å². The number of benzene rings is 1. The molecule has 2 rings (SSSR count). The van der Waals surface area contributed by atoms with Crippen molar-refractivity contribution in [3.63, 3.8) is 0 Å². The van der Waals surface area contributed by atoms with Crippen LogP contribution in [0.3, 0.4) is 0 Å². The molecule has 3 nitrogen and oxygen atoms in total. The van der Waals surface area contributed by atoms with Gasteiger partial charge in [-0.1, -0.05) is 36.0 Å². The van der Waals surface area contributed by atoms with Gasteiger partial charge >= 0.3 is 0 Å². The maximum atomic E-state index is 12.2. The van der Waals surface area contributed by atoms with Crippen molar-refractivity contribution in [1.29, 1.82) is 5.26 Å². The molecule has 1 amide bonds. The smallest absolute Gasteiger partial charge is 0.224 e. The summed E-state index contributed by atoms with van der Waals surface area (Å²) in [6.45, 7) is 0.0853. The van der Waals surface area contributed by atoms with E-state index in [1.54, 1.807) is 17.8 Å². The molecule has 0 bridgehead atoms. The van der Waals surface area contributed by atoms with Crippen LogP contribution in [0.15, 0.2) is 23.1 Å². The Kier molecular flexibility index (Phi) is 9.42. The minimum Gasteiger partial charge on any atom is -0.343 e. The van der Waals surface area contributed by atoms with Crippen LogP contribution in [-0.2, 0) is 21.9 Å². The van der Waals surface area contributed by atoms with Crippen LogP contribution in [-0.4, -0.2) is 18.2 Å². The minimum absolute atomic E-state index is 0. The Morgan fingerprint density at radius 2 is 2.04 bits per heavy atom. The first-order chi connectivity index (χ1) is 10.6. The molecule has 0 saturated heterocycles. The molecule has 1 aliphatic carbocycles. The first-order valence-electron chi connectivity index (χ1n) is 7.34. The molecule has 23 heavy (non-hydrogen) atoms. The molecule has 7 heteroatoms. The number of nitrogens with one attached hydrogen (secondary N) is 1. The molecule has 1 aliphatic rings. The largest absolute Gasteiger partial charge is 0.343 e. The average molecular weight is 413 g/mol. The molecule has 1 N–H and O–H groups in total. The molecule has 1 saturated carbocycles. The van der Waals surface area contributed by atoms with Crippen molar-refractivity contribution < 1.29 is 21.9 Å². The summed E-state index contributed by atoms with van der Waals surface area (Å²) in [6, 6.07) is 7.57. The predicted octanol–water partition coefficient (Wildman–Crippen LogP) is 4.53. The second kappa shape index (κ2) is 10.5. The molecule has 1 fully saturated rings. The van der Waals surface area contributed by atoms with Crippen LogP contribution in [0.4, 0.5) is 0 Å². The Morgan fingerprint density at radius 1 is 1.30 bits per heavy atom. The molecule has 0 aliphatic heterocycles. The number of hydrogen-bond donors (Lipinski definition) is 1. The second-order valence-electron chi connectivity index (χ2n) is 5.41. The van der Waals surface area contributed by atoms with E-state index in [-0.39, 0.29) is 35.4 Å². The van der Waals surface area contributed by atoms with Crippen LogP contribution in [0, 0.1) is 23.2 Å². The number of nitrogens with zero attached hydrogens (tertiary/aromatic N) is 1. The Morgan fingerprint density at radius 3 is 2.74 bits per heavy atom. The van der Waals surface area contributed by atoms with E-state index in [0.29, 0.717) is 16.0 Å². The molecule has 1 unspecified atom stereocenters. The third kappa shape index (κ3) is 6.21. The van der Waals surface area contributed by atoms with Gasteiger partial charge in [0, 0.05) is 33.6 Å². The molecule has 0 radical (unpaired) electrons. The topological polar surface area (TPSA) is 52.9 Å². The van der Waals surface area contributed by atoms with Crippen LogP contribution >= 0.6 is 35.0 Å². The van der Waals surface area contributed by atoms with Crippen molar-refractivity contribution in [3.05, 3.63) is 28.2 Å². The number of rotatable bonds is 5. The minimum atomic E-state index is 0. The Hall–Kier alpha value is -0.371. The normalized spacial score (nSPS) is 20.2. The summed E-state index contributed by atoms with van der Waals surface area (Å²) >= 11 is 13.7. The van der Waals surface area contributed by atoms with Gasteiger partial charge in [-0.15, -0.1) is 11.8 Å². The van der Waals surface area contributed by atoms with Crippen molar-refractivity contribution in [3.8, 4) is 6.07 Å². The van der Waals surface area contributed by atoms with Crippen molar-refractivity contribution in [2.75, 3.05) is 12.3 Å². The first-order valence-corrected chi connectivity index (χ1v) is 9.08. The molecule has 0 heterocycles. The zero-order valence-electron chi connectivity index (χ0n) is 12.5. The Labute approximate surface area is 162 Å². The van der Waals surface area contributed by atoms with Gasteiger partial charge in [0.15, 0.2) is 0 Å². The average Bonchev–Trinajstić information content (AvgIpc) is 2.54. The summed E-state index contributed by atoms with van der Waals surface area (Å²) in [7, 11) is 0. The fourth-order valence-electron chi connectivity index (χ4n) is 2.78. The number of thioether (sulfide) groups is 1. The van der Waals surface area contributed by atoms with E-state index >= 15 is 0 Å². The van der Waals surface area contributed by atoms with E-state index in [2.05, 4.69) is 5.32 Å². The molecular formula is C16H18Cl2FeN2OS. The van der Waals surface area contributed by atoms with Crippen molar-refractivity contribution in [2.45, 2.75) is 30.6 Å². The number of carbonyl (C=O) groups excluding carboxylic acids is 1. The molecule has 0 spiro atoms. The standard InChI is InChI=1S/C16H18Cl2N2OS.Fe/c17-14-6-5-12(9-15(14)18)22-10-11-3-1-2-4-13(11)16(21)20-8-7-19;/h5-6,9,11,13H,1-4,8,10H2,(H,20,21);/t11-,13?;/m1./s1. The van der Waals surface area contributed by atoms with Gasteiger partial charge in [0.25, 0.3) is 0 Å². The van der Waals surface area contributed by atoms with Crippen LogP contribution in [0.2, 0.25) is 10.0 Å². The predicted molar refractivity (Wildman–Crippen MR) is 91.3 cm³/mol. The summed E-state index contributed by atoms with van der Waals surface area (Å²) < 4.78 is 0. The van der Waals surface area contributed by atoms with Crippen LogP contribution in [0.25, 0.3) is 0 Å². The first kappa shape index (κ1) is 20.7. The van der Waals surface area contributed by atoms with Gasteiger partial charge in [0.2, 0.25) is 5.91 Å². The third-order valence-corrected chi connectivity index (χ3v) is 5.86. The number of carbonyl (C=O) groups is 1. The SMILES string of the molecule is N#CCNC(=O)C1CCCC[C@@H]1CSc1ccc(Cl)c(Cl)c1.[Fe]. The monoisotopic (exact) mass is 412 g/mol. The number of amides is 1. The Bertz CT molecular complexity index is 580. The summed E-state index contributed by atoms with van der Waals surface area (Å²) in [4.78, 5) is 13.2. The van der Waals surface area contributed by atoms with Gasteiger partial charge in [-0.3, -0.25) is 4.79 Å². The van der Waals surface area contributed by atoms with Gasteiger partial charge in [0.05, 0.1) is 16.1 Å². The summed E-state index contributed by atoms with van der Waals surface area (Å²) in [5.74, 6) is 1.24. The van der Waals surface area contributed by atoms with Crippen LogP contribution in [0.5, 0.6) is 0 Å². The zero-order chi connectivity index (χ0) is 15.9. The summed E-state index contributed by atoms with van der Waals surface area (Å²) in [5, 5.41) is 12.4. The second-order valence-corrected chi connectivity index (χ2v) is 7.32. The number of halogens is 2. The number of nitriles is 1. The van der Waals surface area contributed by atoms with E-state index in [1.807, 2.05) is 18.2 Å². The maximum Gasteiger partial charge on any atom is 0.224 e. The van der Waals surface area contributed by atoms with Gasteiger partial charge in [-0.25, -0.2) is 0 Å². The number of hydrogen-bond acceptors (Lipinski definition) is 3. The van der Waals surface area contributed by atoms with Crippen molar-refractivity contribution >= 4 is 40.9 Å². The molecule has 2 atom stereocenters. The fraction of sp³-hybridized carbons (Fsp3) is 0.500. The van der Waals surface area contributed by atoms with Crippen LogP contribution in [0.1, 0.15) is 25.7 Å². The Balaban J connectivity index is 0.00000264. The molecule has 0 aromatic heterocycles. The van der Waals surface area contributed by atoms with E-state index in [9.17, 15) is 4.79 Å². The summed E-state index contributed by atoms with van der Waals surface area (Å²) in [6.07, 6.45) is 4.20. The third-order valence-electron chi connectivity index (χ3n) is 3.94. The summed E-state index contributed by atoms with van der Waals surface area (Å²) in [5.41, 5.74) is 0. The van der Waals surface area contributed by atoms with Gasteiger partial charge in [0.1, 0.15) is 6.54 Å².